The predicted molar refractivity (Wildman–Crippen MR) is 67.3 cm³/mol. The van der Waals surface area contributed by atoms with E-state index in [9.17, 15) is 0 Å². The molecule has 0 aromatic carbocycles. The van der Waals surface area contributed by atoms with Crippen molar-refractivity contribution in [2.75, 3.05) is 5.73 Å². The van der Waals surface area contributed by atoms with Gasteiger partial charge in [0.05, 0.1) is 11.4 Å². The highest BCUT2D eigenvalue weighted by Crippen LogP contribution is 2.19. The van der Waals surface area contributed by atoms with Crippen LogP contribution < -0.4 is 5.73 Å². The molecule has 0 aliphatic carbocycles. The van der Waals surface area contributed by atoms with Gasteiger partial charge in [0.15, 0.2) is 0 Å². The molecule has 2 rings (SSSR count). The first-order valence-electron chi connectivity index (χ1n) is 5.70. The van der Waals surface area contributed by atoms with Crippen LogP contribution in [0.3, 0.4) is 0 Å². The average molecular weight is 231 g/mol. The van der Waals surface area contributed by atoms with Crippen LogP contribution in [0.4, 0.5) is 5.82 Å². The van der Waals surface area contributed by atoms with E-state index in [4.69, 9.17) is 5.73 Å². The van der Waals surface area contributed by atoms with Gasteiger partial charge in [-0.05, 0) is 19.3 Å². The van der Waals surface area contributed by atoms with Crippen molar-refractivity contribution in [1.29, 1.82) is 0 Å². The number of H-pyrrole nitrogens is 1. The maximum Gasteiger partial charge on any atom is 0.119 e. The SMILES string of the molecule is Cc1ncc(CC(C)C)nc1-c1cc(N)[nH]n1. The van der Waals surface area contributed by atoms with Gasteiger partial charge in [-0.3, -0.25) is 10.1 Å². The zero-order valence-electron chi connectivity index (χ0n) is 10.4. The Kier molecular flexibility index (Phi) is 3.08. The molecule has 0 saturated carbocycles. The lowest BCUT2D eigenvalue weighted by atomic mass is 10.1. The highest BCUT2D eigenvalue weighted by molar-refractivity contribution is 5.59. The fraction of sp³-hybridized carbons (Fsp3) is 0.417. The van der Waals surface area contributed by atoms with E-state index < -0.39 is 0 Å². The molecule has 2 aromatic rings. The molecular formula is C12H17N5. The molecule has 0 amide bonds. The lowest BCUT2D eigenvalue weighted by Crippen LogP contribution is -2.02. The van der Waals surface area contributed by atoms with Crippen LogP contribution in [0.1, 0.15) is 25.2 Å². The lowest BCUT2D eigenvalue weighted by molar-refractivity contribution is 0.633. The second-order valence-electron chi connectivity index (χ2n) is 4.60. The minimum absolute atomic E-state index is 0.537. The summed E-state index contributed by atoms with van der Waals surface area (Å²) in [4.78, 5) is 8.96. The molecule has 2 aromatic heterocycles. The maximum absolute atomic E-state index is 5.62. The third-order valence-electron chi connectivity index (χ3n) is 2.46. The first-order valence-corrected chi connectivity index (χ1v) is 5.70. The van der Waals surface area contributed by atoms with Gasteiger partial charge in [-0.15, -0.1) is 0 Å². The van der Waals surface area contributed by atoms with Crippen LogP contribution in [-0.2, 0) is 6.42 Å². The Balaban J connectivity index is 2.39. The molecule has 5 nitrogen and oxygen atoms in total. The zero-order chi connectivity index (χ0) is 12.4. The molecule has 2 heterocycles. The minimum atomic E-state index is 0.537. The van der Waals surface area contributed by atoms with Crippen LogP contribution in [0.25, 0.3) is 11.4 Å². The molecule has 0 fully saturated rings. The average Bonchev–Trinajstić information content (AvgIpc) is 2.67. The van der Waals surface area contributed by atoms with E-state index in [1.165, 1.54) is 0 Å². The normalized spacial score (nSPS) is 11.1. The van der Waals surface area contributed by atoms with Gasteiger partial charge in [0.1, 0.15) is 17.2 Å². The molecule has 0 spiro atoms. The van der Waals surface area contributed by atoms with Crippen molar-refractivity contribution in [1.82, 2.24) is 20.2 Å². The predicted octanol–water partition coefficient (Wildman–Crippen LogP) is 1.96. The molecule has 0 saturated heterocycles. The van der Waals surface area contributed by atoms with E-state index >= 15 is 0 Å². The van der Waals surface area contributed by atoms with E-state index in [1.807, 2.05) is 13.1 Å². The highest BCUT2D eigenvalue weighted by Gasteiger charge is 2.10. The van der Waals surface area contributed by atoms with E-state index in [-0.39, 0.29) is 0 Å². The number of aryl methyl sites for hydroxylation is 1. The van der Waals surface area contributed by atoms with Gasteiger partial charge >= 0.3 is 0 Å². The molecule has 0 radical (unpaired) electrons. The summed E-state index contributed by atoms with van der Waals surface area (Å²) in [5.41, 5.74) is 9.02. The van der Waals surface area contributed by atoms with Gasteiger partial charge in [-0.1, -0.05) is 13.8 Å². The van der Waals surface area contributed by atoms with Crippen molar-refractivity contribution in [3.8, 4) is 11.4 Å². The fourth-order valence-corrected chi connectivity index (χ4v) is 1.70. The Hall–Kier alpha value is -1.91. The molecule has 3 N–H and O–H groups in total. The van der Waals surface area contributed by atoms with Crippen LogP contribution in [0.15, 0.2) is 12.3 Å². The molecular weight excluding hydrogens is 214 g/mol. The summed E-state index contributed by atoms with van der Waals surface area (Å²) in [5, 5.41) is 6.83. The Morgan fingerprint density at radius 3 is 2.76 bits per heavy atom. The van der Waals surface area contributed by atoms with Crippen LogP contribution in [0.5, 0.6) is 0 Å². The van der Waals surface area contributed by atoms with Gasteiger partial charge in [0.25, 0.3) is 0 Å². The van der Waals surface area contributed by atoms with Crippen LogP contribution in [-0.4, -0.2) is 20.2 Å². The number of hydrogen-bond donors (Lipinski definition) is 2. The minimum Gasteiger partial charge on any atom is -0.384 e. The molecule has 90 valence electrons. The van der Waals surface area contributed by atoms with Crippen LogP contribution in [0.2, 0.25) is 0 Å². The number of hydrogen-bond acceptors (Lipinski definition) is 4. The number of nitrogens with one attached hydrogen (secondary N) is 1. The summed E-state index contributed by atoms with van der Waals surface area (Å²) in [7, 11) is 0. The van der Waals surface area contributed by atoms with Crippen LogP contribution >= 0.6 is 0 Å². The quantitative estimate of drug-likeness (QED) is 0.846. The highest BCUT2D eigenvalue weighted by atomic mass is 15.2. The summed E-state index contributed by atoms with van der Waals surface area (Å²) >= 11 is 0. The number of nitrogens with two attached hydrogens (primary N) is 1. The zero-order valence-corrected chi connectivity index (χ0v) is 10.4. The Morgan fingerprint density at radius 2 is 2.18 bits per heavy atom. The Labute approximate surface area is 100 Å². The summed E-state index contributed by atoms with van der Waals surface area (Å²) < 4.78 is 0. The van der Waals surface area contributed by atoms with Crippen molar-refractivity contribution >= 4 is 5.82 Å². The molecule has 5 heteroatoms. The van der Waals surface area contributed by atoms with Crippen molar-refractivity contribution < 1.29 is 0 Å². The summed E-state index contributed by atoms with van der Waals surface area (Å²) in [6, 6.07) is 1.77. The number of aromatic nitrogens is 4. The number of anilines is 1. The van der Waals surface area contributed by atoms with E-state index in [0.29, 0.717) is 11.7 Å². The van der Waals surface area contributed by atoms with Crippen molar-refractivity contribution in [3.05, 3.63) is 23.7 Å². The number of nitrogen functional groups attached to an aromatic ring is 1. The first kappa shape index (κ1) is 11.6. The Morgan fingerprint density at radius 1 is 1.41 bits per heavy atom. The number of rotatable bonds is 3. The smallest absolute Gasteiger partial charge is 0.119 e. The lowest BCUT2D eigenvalue weighted by Gasteiger charge is -2.07. The van der Waals surface area contributed by atoms with Crippen LogP contribution in [0, 0.1) is 12.8 Å². The Bertz CT molecular complexity index is 515. The molecule has 0 bridgehead atoms. The first-order chi connectivity index (χ1) is 8.06. The molecule has 0 unspecified atom stereocenters. The standard InChI is InChI=1S/C12H17N5/c1-7(2)4-9-6-14-8(3)12(15-9)10-5-11(13)17-16-10/h5-7H,4H2,1-3H3,(H3,13,16,17). The third kappa shape index (κ3) is 2.61. The van der Waals surface area contributed by atoms with Gasteiger partial charge < -0.3 is 5.73 Å². The van der Waals surface area contributed by atoms with Crippen molar-refractivity contribution in [2.45, 2.75) is 27.2 Å². The van der Waals surface area contributed by atoms with E-state index in [1.54, 1.807) is 6.07 Å². The van der Waals surface area contributed by atoms with Gasteiger partial charge in [0, 0.05) is 12.3 Å². The van der Waals surface area contributed by atoms with Gasteiger partial charge in [-0.25, -0.2) is 4.98 Å². The molecule has 0 aliphatic rings. The second-order valence-corrected chi connectivity index (χ2v) is 4.60. The van der Waals surface area contributed by atoms with Gasteiger partial charge in [-0.2, -0.15) is 5.10 Å². The van der Waals surface area contributed by atoms with Gasteiger partial charge in [0.2, 0.25) is 0 Å². The summed E-state index contributed by atoms with van der Waals surface area (Å²) in [6.07, 6.45) is 2.75. The number of nitrogens with zero attached hydrogens (tertiary/aromatic N) is 3. The second kappa shape index (κ2) is 4.53. The topological polar surface area (TPSA) is 80.5 Å². The largest absolute Gasteiger partial charge is 0.384 e. The number of aromatic amines is 1. The van der Waals surface area contributed by atoms with Crippen molar-refractivity contribution in [3.63, 3.8) is 0 Å². The van der Waals surface area contributed by atoms with Crippen molar-refractivity contribution in [2.24, 2.45) is 5.92 Å². The summed E-state index contributed by atoms with van der Waals surface area (Å²) in [6.45, 7) is 6.24. The molecule has 0 aliphatic heterocycles. The maximum atomic E-state index is 5.62. The van der Waals surface area contributed by atoms with E-state index in [0.717, 1.165) is 29.2 Å². The third-order valence-corrected chi connectivity index (χ3v) is 2.46. The molecule has 0 atom stereocenters. The summed E-state index contributed by atoms with van der Waals surface area (Å²) in [5.74, 6) is 1.10. The molecule has 17 heavy (non-hydrogen) atoms. The van der Waals surface area contributed by atoms with E-state index in [2.05, 4.69) is 34.0 Å². The monoisotopic (exact) mass is 231 g/mol. The fourth-order valence-electron chi connectivity index (χ4n) is 1.70.